The number of morpholine rings is 1. The van der Waals surface area contributed by atoms with E-state index in [4.69, 9.17) is 14.7 Å². The molecule has 0 saturated carbocycles. The first kappa shape index (κ1) is 16.7. The second-order valence-corrected chi connectivity index (χ2v) is 8.98. The van der Waals surface area contributed by atoms with E-state index in [1.807, 2.05) is 30.8 Å². The largest absolute Gasteiger partial charge is 0.370 e. The van der Waals surface area contributed by atoms with Crippen molar-refractivity contribution in [1.82, 2.24) is 19.5 Å². The number of imidazole rings is 1. The molecule has 0 spiro atoms. The third-order valence-electron chi connectivity index (χ3n) is 5.15. The number of aromatic nitrogens is 4. The Morgan fingerprint density at radius 3 is 2.96 bits per heavy atom. The Bertz CT molecular complexity index is 945. The van der Waals surface area contributed by atoms with Crippen molar-refractivity contribution in [2.75, 3.05) is 26.3 Å². The van der Waals surface area contributed by atoms with Crippen molar-refractivity contribution in [1.29, 1.82) is 0 Å². The molecule has 0 atom stereocenters. The van der Waals surface area contributed by atoms with Gasteiger partial charge in [-0.25, -0.2) is 15.0 Å². The highest BCUT2D eigenvalue weighted by atomic mass is 32.2. The maximum Gasteiger partial charge on any atom is 0.186 e. The molecule has 2 aliphatic rings. The Labute approximate surface area is 160 Å². The molecule has 26 heavy (non-hydrogen) atoms. The summed E-state index contributed by atoms with van der Waals surface area (Å²) in [6.07, 6.45) is 7.42. The monoisotopic (exact) mass is 388 g/mol. The van der Waals surface area contributed by atoms with Gasteiger partial charge in [0.2, 0.25) is 0 Å². The van der Waals surface area contributed by atoms with E-state index in [1.165, 1.54) is 33.6 Å². The van der Waals surface area contributed by atoms with Crippen molar-refractivity contribution in [3.63, 3.8) is 0 Å². The average Bonchev–Trinajstić information content (AvgIpc) is 3.32. The van der Waals surface area contributed by atoms with E-state index in [0.717, 1.165) is 60.1 Å². The summed E-state index contributed by atoms with van der Waals surface area (Å²) in [7, 11) is 2.03. The van der Waals surface area contributed by atoms with Gasteiger partial charge in [-0.05, 0) is 36.6 Å². The first-order valence-corrected chi connectivity index (χ1v) is 10.8. The van der Waals surface area contributed by atoms with E-state index in [9.17, 15) is 0 Å². The van der Waals surface area contributed by atoms with Gasteiger partial charge in [-0.1, -0.05) is 0 Å². The molecule has 136 valence electrons. The summed E-state index contributed by atoms with van der Waals surface area (Å²) in [5, 5.41) is 3.33. The van der Waals surface area contributed by atoms with Crippen LogP contribution in [0.4, 0.5) is 0 Å². The number of aryl methyl sites for hydroxylation is 3. The van der Waals surface area contributed by atoms with Crippen molar-refractivity contribution < 1.29 is 9.64 Å². The summed E-state index contributed by atoms with van der Waals surface area (Å²) >= 11 is 3.54. The van der Waals surface area contributed by atoms with Gasteiger partial charge in [0.15, 0.2) is 11.0 Å². The van der Waals surface area contributed by atoms with E-state index >= 15 is 0 Å². The molecule has 1 aliphatic heterocycles. The minimum Gasteiger partial charge on any atom is -0.370 e. The number of rotatable bonds is 4. The number of fused-ring (bicyclic) bond motifs is 3. The number of thiophene rings is 1. The number of hydrogen-bond donors (Lipinski definition) is 1. The number of nitrogens with one attached hydrogen (secondary N) is 1. The van der Waals surface area contributed by atoms with Crippen LogP contribution in [0.3, 0.4) is 0 Å². The molecular formula is C18H22N5OS2+. The molecule has 0 radical (unpaired) electrons. The van der Waals surface area contributed by atoms with Crippen LogP contribution in [0.25, 0.3) is 10.2 Å². The van der Waals surface area contributed by atoms with Gasteiger partial charge in [0, 0.05) is 29.7 Å². The lowest BCUT2D eigenvalue weighted by Gasteiger charge is -2.23. The van der Waals surface area contributed by atoms with Crippen LogP contribution in [0.5, 0.6) is 0 Å². The van der Waals surface area contributed by atoms with E-state index in [1.54, 1.807) is 11.8 Å². The Kier molecular flexibility index (Phi) is 4.44. The highest BCUT2D eigenvalue weighted by Gasteiger charge is 2.25. The Balaban J connectivity index is 1.56. The second kappa shape index (κ2) is 6.92. The van der Waals surface area contributed by atoms with Gasteiger partial charge in [-0.3, -0.25) is 0 Å². The highest BCUT2D eigenvalue weighted by Crippen LogP contribution is 2.41. The third-order valence-corrected chi connectivity index (χ3v) is 7.40. The van der Waals surface area contributed by atoms with Crippen molar-refractivity contribution in [2.45, 2.75) is 36.0 Å². The maximum atomic E-state index is 5.48. The normalized spacial score (nSPS) is 17.9. The average molecular weight is 389 g/mol. The Hall–Kier alpha value is -1.48. The quantitative estimate of drug-likeness (QED) is 0.686. The van der Waals surface area contributed by atoms with Crippen LogP contribution >= 0.6 is 23.1 Å². The van der Waals surface area contributed by atoms with Gasteiger partial charge in [0.05, 0.1) is 13.2 Å². The van der Waals surface area contributed by atoms with Crippen LogP contribution in [-0.4, -0.2) is 45.8 Å². The van der Waals surface area contributed by atoms with Gasteiger partial charge in [-0.15, -0.1) is 11.3 Å². The minimum atomic E-state index is 0.833. The van der Waals surface area contributed by atoms with E-state index in [-0.39, 0.29) is 0 Å². The van der Waals surface area contributed by atoms with Crippen LogP contribution in [0, 0.1) is 0 Å². The summed E-state index contributed by atoms with van der Waals surface area (Å²) in [5.74, 6) is 0.950. The number of hydrogen-bond acceptors (Lipinski definition) is 6. The summed E-state index contributed by atoms with van der Waals surface area (Å²) < 4.78 is 7.53. The van der Waals surface area contributed by atoms with E-state index in [2.05, 4.69) is 9.55 Å². The van der Waals surface area contributed by atoms with Crippen LogP contribution in [0.1, 0.15) is 22.7 Å². The standard InChI is InChI=1S/C18H21N5OS2/c1-22-6-5-19-18(22)26-17-15-12-3-2-4-13(12)25-16(15)20-14(21-17)11-23-7-9-24-10-8-23/h5-6H,2-4,7-11H2,1H3/p+1. The molecule has 0 amide bonds. The SMILES string of the molecule is Cn1ccnc1Sc1nc(C[NH+]2CCOCC2)nc2sc3c(c12)CCC3. The lowest BCUT2D eigenvalue weighted by atomic mass is 10.2. The summed E-state index contributed by atoms with van der Waals surface area (Å²) in [6, 6.07) is 0. The van der Waals surface area contributed by atoms with E-state index < -0.39 is 0 Å². The van der Waals surface area contributed by atoms with Crippen molar-refractivity contribution >= 4 is 33.3 Å². The summed E-state index contributed by atoms with van der Waals surface area (Å²) in [5.41, 5.74) is 1.48. The molecule has 8 heteroatoms. The maximum absolute atomic E-state index is 5.48. The molecule has 0 unspecified atom stereocenters. The zero-order valence-electron chi connectivity index (χ0n) is 14.8. The lowest BCUT2D eigenvalue weighted by Crippen LogP contribution is -3.12. The van der Waals surface area contributed by atoms with Crippen LogP contribution in [0.2, 0.25) is 0 Å². The van der Waals surface area contributed by atoms with E-state index in [0.29, 0.717) is 0 Å². The molecule has 3 aromatic rings. The molecule has 3 aromatic heterocycles. The third kappa shape index (κ3) is 3.05. The van der Waals surface area contributed by atoms with Gasteiger partial charge in [0.25, 0.3) is 0 Å². The number of nitrogens with zero attached hydrogens (tertiary/aromatic N) is 4. The zero-order chi connectivity index (χ0) is 17.5. The topological polar surface area (TPSA) is 57.3 Å². The molecule has 1 saturated heterocycles. The highest BCUT2D eigenvalue weighted by molar-refractivity contribution is 7.99. The number of quaternary nitrogens is 1. The molecule has 5 rings (SSSR count). The molecule has 1 fully saturated rings. The second-order valence-electron chi connectivity index (χ2n) is 6.94. The smallest absolute Gasteiger partial charge is 0.186 e. The molecule has 0 bridgehead atoms. The predicted octanol–water partition coefficient (Wildman–Crippen LogP) is 1.48. The zero-order valence-corrected chi connectivity index (χ0v) is 16.5. The lowest BCUT2D eigenvalue weighted by molar-refractivity contribution is -0.922. The summed E-state index contributed by atoms with van der Waals surface area (Å²) in [6.45, 7) is 4.60. The molecule has 1 N–H and O–H groups in total. The van der Waals surface area contributed by atoms with Crippen LogP contribution < -0.4 is 4.90 Å². The molecule has 1 aliphatic carbocycles. The Morgan fingerprint density at radius 1 is 1.27 bits per heavy atom. The molecule has 4 heterocycles. The van der Waals surface area contributed by atoms with Crippen LogP contribution in [0.15, 0.2) is 22.6 Å². The predicted molar refractivity (Wildman–Crippen MR) is 102 cm³/mol. The van der Waals surface area contributed by atoms with Crippen LogP contribution in [-0.2, 0) is 31.2 Å². The first-order valence-electron chi connectivity index (χ1n) is 9.15. The first-order chi connectivity index (χ1) is 12.8. The minimum absolute atomic E-state index is 0.833. The van der Waals surface area contributed by atoms with Crippen molar-refractivity contribution in [2.24, 2.45) is 7.05 Å². The summed E-state index contributed by atoms with van der Waals surface area (Å²) in [4.78, 5) is 18.6. The van der Waals surface area contributed by atoms with Gasteiger partial charge >= 0.3 is 0 Å². The fourth-order valence-corrected chi connectivity index (χ4v) is 6.06. The Morgan fingerprint density at radius 2 is 2.15 bits per heavy atom. The molecular weight excluding hydrogens is 366 g/mol. The number of ether oxygens (including phenoxy) is 1. The van der Waals surface area contributed by atoms with Crippen molar-refractivity contribution in [3.8, 4) is 0 Å². The van der Waals surface area contributed by atoms with Gasteiger partial charge in [-0.2, -0.15) is 0 Å². The fourth-order valence-electron chi connectivity index (χ4n) is 3.75. The van der Waals surface area contributed by atoms with Gasteiger partial charge in [0.1, 0.15) is 29.5 Å². The fraction of sp³-hybridized carbons (Fsp3) is 0.500. The van der Waals surface area contributed by atoms with Crippen molar-refractivity contribution in [3.05, 3.63) is 28.7 Å². The molecule has 6 nitrogen and oxygen atoms in total. The van der Waals surface area contributed by atoms with Gasteiger partial charge < -0.3 is 14.2 Å². The molecule has 0 aromatic carbocycles.